The summed E-state index contributed by atoms with van der Waals surface area (Å²) < 4.78 is 0. The molecule has 0 unspecified atom stereocenters. The number of thioether (sulfide) groups is 1. The highest BCUT2D eigenvalue weighted by Gasteiger charge is 2.20. The van der Waals surface area contributed by atoms with E-state index in [4.69, 9.17) is 4.98 Å². The van der Waals surface area contributed by atoms with Crippen molar-refractivity contribution in [1.82, 2.24) is 9.97 Å². The number of anilines is 1. The number of rotatable bonds is 5. The van der Waals surface area contributed by atoms with E-state index in [0.717, 1.165) is 22.6 Å². The molecule has 1 N–H and O–H groups in total. The third-order valence-corrected chi connectivity index (χ3v) is 6.19. The number of hydrogen-bond donors (Lipinski definition) is 1. The lowest BCUT2D eigenvalue weighted by molar-refractivity contribution is 0.516. The van der Waals surface area contributed by atoms with Crippen LogP contribution in [0.2, 0.25) is 0 Å². The Balaban J connectivity index is 1.66. The third kappa shape index (κ3) is 4.12. The van der Waals surface area contributed by atoms with Gasteiger partial charge in [0, 0.05) is 30.0 Å². The Morgan fingerprint density at radius 2 is 1.76 bits per heavy atom. The van der Waals surface area contributed by atoms with Gasteiger partial charge in [-0.15, -0.1) is 0 Å². The highest BCUT2D eigenvalue weighted by atomic mass is 32.2. The van der Waals surface area contributed by atoms with Crippen molar-refractivity contribution in [3.8, 4) is 0 Å². The molecule has 0 aliphatic heterocycles. The maximum absolute atomic E-state index is 4.88. The maximum atomic E-state index is 4.88. The van der Waals surface area contributed by atoms with Crippen molar-refractivity contribution >= 4 is 17.6 Å². The summed E-state index contributed by atoms with van der Waals surface area (Å²) in [5.74, 6) is 3.66. The summed E-state index contributed by atoms with van der Waals surface area (Å²) in [7, 11) is 1.96. The molecule has 0 atom stereocenters. The molecule has 2 fully saturated rings. The molecule has 1 aromatic rings. The molecule has 1 aromatic heterocycles. The van der Waals surface area contributed by atoms with Crippen LogP contribution in [0.5, 0.6) is 0 Å². The smallest absolute Gasteiger partial charge is 0.140 e. The summed E-state index contributed by atoms with van der Waals surface area (Å²) in [6.07, 6.45) is 12.3. The second kappa shape index (κ2) is 7.48. The van der Waals surface area contributed by atoms with E-state index in [1.807, 2.05) is 7.05 Å². The van der Waals surface area contributed by atoms with Crippen LogP contribution in [0.3, 0.4) is 0 Å². The second-order valence-corrected chi connectivity index (χ2v) is 7.69. The first-order chi connectivity index (χ1) is 10.3. The topological polar surface area (TPSA) is 37.8 Å². The number of aromatic nitrogens is 2. The van der Waals surface area contributed by atoms with E-state index < -0.39 is 0 Å². The van der Waals surface area contributed by atoms with Crippen molar-refractivity contribution in [2.75, 3.05) is 12.4 Å². The summed E-state index contributed by atoms with van der Waals surface area (Å²) in [5, 5.41) is 4.04. The normalized spacial score (nSPS) is 20.8. The average molecular weight is 305 g/mol. The first kappa shape index (κ1) is 15.1. The molecule has 3 rings (SSSR count). The molecule has 21 heavy (non-hydrogen) atoms. The molecular weight excluding hydrogens is 278 g/mol. The summed E-state index contributed by atoms with van der Waals surface area (Å²) in [6.45, 7) is 0. The minimum Gasteiger partial charge on any atom is -0.373 e. The van der Waals surface area contributed by atoms with Crippen molar-refractivity contribution in [1.29, 1.82) is 0 Å². The van der Waals surface area contributed by atoms with Crippen molar-refractivity contribution in [3.63, 3.8) is 0 Å². The van der Waals surface area contributed by atoms with Crippen LogP contribution in [0.15, 0.2) is 6.07 Å². The number of nitrogens with zero attached hydrogens (tertiary/aromatic N) is 2. The highest BCUT2D eigenvalue weighted by molar-refractivity contribution is 7.99. The van der Waals surface area contributed by atoms with Crippen molar-refractivity contribution < 1.29 is 0 Å². The van der Waals surface area contributed by atoms with Crippen LogP contribution >= 0.6 is 11.8 Å². The van der Waals surface area contributed by atoms with E-state index in [9.17, 15) is 0 Å². The first-order valence-electron chi connectivity index (χ1n) is 8.52. The number of hydrogen-bond acceptors (Lipinski definition) is 4. The summed E-state index contributed by atoms with van der Waals surface area (Å²) >= 11 is 2.07. The van der Waals surface area contributed by atoms with Gasteiger partial charge in [-0.05, 0) is 25.7 Å². The Labute approximate surface area is 132 Å². The van der Waals surface area contributed by atoms with Crippen LogP contribution in [0.25, 0.3) is 0 Å². The van der Waals surface area contributed by atoms with Crippen molar-refractivity contribution in [3.05, 3.63) is 17.6 Å². The predicted octanol–water partition coefficient (Wildman–Crippen LogP) is 4.74. The second-order valence-electron chi connectivity index (χ2n) is 6.40. The standard InChI is InChI=1S/C17H27N3S/c1-18-16-11-15(13-7-5-6-8-13)19-17(20-16)12-21-14-9-3-2-4-10-14/h11,13-14H,2-10,12H2,1H3,(H,18,19,20). The fourth-order valence-corrected chi connectivity index (χ4v) is 4.75. The molecule has 0 spiro atoms. The molecule has 116 valence electrons. The Morgan fingerprint density at radius 1 is 1.05 bits per heavy atom. The highest BCUT2D eigenvalue weighted by Crippen LogP contribution is 2.34. The van der Waals surface area contributed by atoms with Gasteiger partial charge in [-0.25, -0.2) is 9.97 Å². The Hall–Kier alpha value is -0.770. The lowest BCUT2D eigenvalue weighted by Gasteiger charge is -2.21. The lowest BCUT2D eigenvalue weighted by atomic mass is 10.0. The van der Waals surface area contributed by atoms with Crippen LogP contribution in [0, 0.1) is 0 Å². The minimum absolute atomic E-state index is 0.665. The monoisotopic (exact) mass is 305 g/mol. The molecule has 2 aliphatic rings. The fourth-order valence-electron chi connectivity index (χ4n) is 3.57. The predicted molar refractivity (Wildman–Crippen MR) is 91.0 cm³/mol. The zero-order valence-corrected chi connectivity index (χ0v) is 13.9. The van der Waals surface area contributed by atoms with Gasteiger partial charge in [0.15, 0.2) is 0 Å². The number of nitrogens with one attached hydrogen (secondary N) is 1. The van der Waals surface area contributed by atoms with Gasteiger partial charge in [0.05, 0.1) is 5.75 Å². The van der Waals surface area contributed by atoms with E-state index in [0.29, 0.717) is 5.92 Å². The molecule has 0 radical (unpaired) electrons. The molecule has 0 bridgehead atoms. The van der Waals surface area contributed by atoms with Crippen LogP contribution in [-0.2, 0) is 5.75 Å². The molecule has 0 saturated heterocycles. The van der Waals surface area contributed by atoms with E-state index in [1.54, 1.807) is 0 Å². The molecule has 3 nitrogen and oxygen atoms in total. The minimum atomic E-state index is 0.665. The SMILES string of the molecule is CNc1cc(C2CCCC2)nc(CSC2CCCCC2)n1. The van der Waals surface area contributed by atoms with Gasteiger partial charge in [0.25, 0.3) is 0 Å². The van der Waals surface area contributed by atoms with Gasteiger partial charge in [-0.1, -0.05) is 32.1 Å². The van der Waals surface area contributed by atoms with E-state index in [1.165, 1.54) is 63.5 Å². The third-order valence-electron chi connectivity index (χ3n) is 4.82. The van der Waals surface area contributed by atoms with Crippen molar-refractivity contribution in [2.24, 2.45) is 0 Å². The van der Waals surface area contributed by atoms with Gasteiger partial charge in [-0.3, -0.25) is 0 Å². The van der Waals surface area contributed by atoms with Crippen LogP contribution in [0.4, 0.5) is 5.82 Å². The quantitative estimate of drug-likeness (QED) is 0.852. The van der Waals surface area contributed by atoms with Crippen LogP contribution < -0.4 is 5.32 Å². The maximum Gasteiger partial charge on any atom is 0.140 e. The molecule has 2 aliphatic carbocycles. The van der Waals surface area contributed by atoms with Gasteiger partial charge in [0.2, 0.25) is 0 Å². The fraction of sp³-hybridized carbons (Fsp3) is 0.765. The van der Waals surface area contributed by atoms with E-state index in [2.05, 4.69) is 28.1 Å². The Bertz CT molecular complexity index is 451. The van der Waals surface area contributed by atoms with Crippen LogP contribution in [-0.4, -0.2) is 22.3 Å². The van der Waals surface area contributed by atoms with Crippen LogP contribution in [0.1, 0.15) is 75.2 Å². The Morgan fingerprint density at radius 3 is 2.48 bits per heavy atom. The zero-order chi connectivity index (χ0) is 14.5. The molecule has 2 saturated carbocycles. The molecule has 0 aromatic carbocycles. The summed E-state index contributed by atoms with van der Waals surface area (Å²) in [6, 6.07) is 2.16. The van der Waals surface area contributed by atoms with Gasteiger partial charge >= 0.3 is 0 Å². The van der Waals surface area contributed by atoms with Crippen molar-refractivity contribution in [2.45, 2.75) is 74.7 Å². The molecular formula is C17H27N3S. The van der Waals surface area contributed by atoms with E-state index >= 15 is 0 Å². The van der Waals surface area contributed by atoms with Gasteiger partial charge < -0.3 is 5.32 Å². The summed E-state index contributed by atoms with van der Waals surface area (Å²) in [4.78, 5) is 9.54. The Kier molecular flexibility index (Phi) is 5.39. The molecule has 0 amide bonds. The summed E-state index contributed by atoms with van der Waals surface area (Å²) in [5.41, 5.74) is 1.27. The lowest BCUT2D eigenvalue weighted by Crippen LogP contribution is -2.10. The zero-order valence-electron chi connectivity index (χ0n) is 13.1. The largest absolute Gasteiger partial charge is 0.373 e. The molecule has 1 heterocycles. The molecule has 4 heteroatoms. The van der Waals surface area contributed by atoms with Gasteiger partial charge in [-0.2, -0.15) is 11.8 Å². The van der Waals surface area contributed by atoms with Gasteiger partial charge in [0.1, 0.15) is 11.6 Å². The average Bonchev–Trinajstić information content (AvgIpc) is 3.08. The first-order valence-corrected chi connectivity index (χ1v) is 9.57. The van der Waals surface area contributed by atoms with E-state index in [-0.39, 0.29) is 0 Å².